The van der Waals surface area contributed by atoms with E-state index in [1.165, 1.54) is 62.6 Å². The number of unbranched alkanes of at least 4 members (excludes halogenated alkanes) is 1. The van der Waals surface area contributed by atoms with E-state index in [0.29, 0.717) is 11.5 Å². The molecule has 3 nitrogen and oxygen atoms in total. The molecule has 4 heteroatoms. The van der Waals surface area contributed by atoms with E-state index in [9.17, 15) is 9.18 Å². The number of esters is 1. The molecule has 0 spiro atoms. The number of rotatable bonds is 6. The molecule has 0 heterocycles. The number of benzene rings is 2. The highest BCUT2D eigenvalue weighted by atomic mass is 19.1. The predicted molar refractivity (Wildman–Crippen MR) is 107 cm³/mol. The molecule has 0 bridgehead atoms. The van der Waals surface area contributed by atoms with Gasteiger partial charge in [0.1, 0.15) is 0 Å². The third-order valence-corrected chi connectivity index (χ3v) is 5.69. The maximum Gasteiger partial charge on any atom is 0.343 e. The van der Waals surface area contributed by atoms with E-state index in [1.54, 1.807) is 12.1 Å². The second-order valence-electron chi connectivity index (χ2n) is 7.63. The fourth-order valence-corrected chi connectivity index (χ4v) is 3.98. The first-order valence-corrected chi connectivity index (χ1v) is 10.1. The summed E-state index contributed by atoms with van der Waals surface area (Å²) >= 11 is 0. The zero-order valence-electron chi connectivity index (χ0n) is 16.3. The average molecular weight is 379 g/mol. The third kappa shape index (κ3) is 4.98. The first-order valence-electron chi connectivity index (χ1n) is 10.1. The van der Waals surface area contributed by atoms with E-state index < -0.39 is 11.8 Å². The quantitative estimate of drug-likeness (QED) is 0.432. The van der Waals surface area contributed by atoms with Crippen LogP contribution in [-0.4, -0.2) is 5.97 Å². The Morgan fingerprint density at radius 2 is 1.86 bits per heavy atom. The van der Waals surface area contributed by atoms with Crippen LogP contribution in [0.15, 0.2) is 42.5 Å². The standard InChI is InChI=1S/C24H26FNO2/c1-2-3-4-17-5-8-19(9-6-17)20-10-12-21(13-11-20)24(27)28-23-14-7-18(16-26)15-22(23)25/h7,10-15,17,19H,2-6,8-9H2,1H3/t17-,19-. The lowest BCUT2D eigenvalue weighted by Crippen LogP contribution is -2.14. The molecule has 1 fully saturated rings. The molecule has 0 amide bonds. The van der Waals surface area contributed by atoms with Crippen LogP contribution in [0.4, 0.5) is 4.39 Å². The molecule has 0 radical (unpaired) electrons. The Morgan fingerprint density at radius 1 is 1.14 bits per heavy atom. The van der Waals surface area contributed by atoms with Crippen molar-refractivity contribution in [1.29, 1.82) is 5.26 Å². The summed E-state index contributed by atoms with van der Waals surface area (Å²) < 4.78 is 19.0. The summed E-state index contributed by atoms with van der Waals surface area (Å²) in [6.07, 6.45) is 8.91. The number of halogens is 1. The Morgan fingerprint density at radius 3 is 2.46 bits per heavy atom. The summed E-state index contributed by atoms with van der Waals surface area (Å²) in [6, 6.07) is 13.1. The fraction of sp³-hybridized carbons (Fsp3) is 0.417. The van der Waals surface area contributed by atoms with Crippen molar-refractivity contribution < 1.29 is 13.9 Å². The molecule has 28 heavy (non-hydrogen) atoms. The van der Waals surface area contributed by atoms with Gasteiger partial charge in [-0.25, -0.2) is 9.18 Å². The molecular weight excluding hydrogens is 353 g/mol. The lowest BCUT2D eigenvalue weighted by atomic mass is 9.77. The average Bonchev–Trinajstić information content (AvgIpc) is 2.74. The summed E-state index contributed by atoms with van der Waals surface area (Å²) in [6.45, 7) is 2.24. The summed E-state index contributed by atoms with van der Waals surface area (Å²) in [5.74, 6) is -0.0625. The summed E-state index contributed by atoms with van der Waals surface area (Å²) in [5.41, 5.74) is 1.84. The minimum absolute atomic E-state index is 0.168. The first kappa shape index (κ1) is 20.1. The lowest BCUT2D eigenvalue weighted by molar-refractivity contribution is 0.0728. The van der Waals surface area contributed by atoms with Gasteiger partial charge in [-0.3, -0.25) is 0 Å². The molecule has 0 saturated heterocycles. The Bertz CT molecular complexity index is 846. The van der Waals surface area contributed by atoms with E-state index >= 15 is 0 Å². The SMILES string of the molecule is CCCC[C@H]1CC[C@H](c2ccc(C(=O)Oc3ccc(C#N)cc3F)cc2)CC1. The maximum absolute atomic E-state index is 13.9. The molecule has 1 aliphatic rings. The number of ether oxygens (including phenoxy) is 1. The monoisotopic (exact) mass is 379 g/mol. The van der Waals surface area contributed by atoms with Crippen molar-refractivity contribution in [3.8, 4) is 11.8 Å². The first-order chi connectivity index (χ1) is 13.6. The van der Waals surface area contributed by atoms with Gasteiger partial charge in [0.05, 0.1) is 17.2 Å². The highest BCUT2D eigenvalue weighted by Gasteiger charge is 2.22. The van der Waals surface area contributed by atoms with Crippen LogP contribution in [0.1, 0.15) is 79.3 Å². The van der Waals surface area contributed by atoms with Gasteiger partial charge in [0.15, 0.2) is 11.6 Å². The molecule has 0 N–H and O–H groups in total. The van der Waals surface area contributed by atoms with Crippen LogP contribution in [0, 0.1) is 23.1 Å². The number of nitrogens with zero attached hydrogens (tertiary/aromatic N) is 1. The van der Waals surface area contributed by atoms with Crippen LogP contribution in [0.2, 0.25) is 0 Å². The summed E-state index contributed by atoms with van der Waals surface area (Å²) in [7, 11) is 0. The van der Waals surface area contributed by atoms with Gasteiger partial charge in [0.2, 0.25) is 0 Å². The van der Waals surface area contributed by atoms with Crippen molar-refractivity contribution in [2.45, 2.75) is 57.8 Å². The van der Waals surface area contributed by atoms with Crippen molar-refractivity contribution in [2.24, 2.45) is 5.92 Å². The molecule has 2 aromatic carbocycles. The zero-order valence-corrected chi connectivity index (χ0v) is 16.3. The van der Waals surface area contributed by atoms with Gasteiger partial charge in [0, 0.05) is 0 Å². The molecule has 3 rings (SSSR count). The Balaban J connectivity index is 1.58. The van der Waals surface area contributed by atoms with Gasteiger partial charge < -0.3 is 4.74 Å². The van der Waals surface area contributed by atoms with Gasteiger partial charge in [-0.05, 0) is 73.4 Å². The molecule has 2 aromatic rings. The van der Waals surface area contributed by atoms with Gasteiger partial charge in [-0.1, -0.05) is 38.3 Å². The lowest BCUT2D eigenvalue weighted by Gasteiger charge is -2.28. The van der Waals surface area contributed by atoms with E-state index in [1.807, 2.05) is 18.2 Å². The smallest absolute Gasteiger partial charge is 0.343 e. The number of hydrogen-bond acceptors (Lipinski definition) is 3. The van der Waals surface area contributed by atoms with Crippen LogP contribution >= 0.6 is 0 Å². The van der Waals surface area contributed by atoms with Gasteiger partial charge in [-0.2, -0.15) is 5.26 Å². The molecule has 146 valence electrons. The van der Waals surface area contributed by atoms with Crippen LogP contribution in [0.5, 0.6) is 5.75 Å². The van der Waals surface area contributed by atoms with Crippen molar-refractivity contribution in [3.05, 3.63) is 65.0 Å². The van der Waals surface area contributed by atoms with Crippen LogP contribution < -0.4 is 4.74 Å². The van der Waals surface area contributed by atoms with E-state index in [-0.39, 0.29) is 11.3 Å². The minimum Gasteiger partial charge on any atom is -0.420 e. The third-order valence-electron chi connectivity index (χ3n) is 5.69. The van der Waals surface area contributed by atoms with E-state index in [4.69, 9.17) is 10.00 Å². The predicted octanol–water partition coefficient (Wildman–Crippen LogP) is 6.38. The van der Waals surface area contributed by atoms with E-state index in [0.717, 1.165) is 12.0 Å². The molecule has 0 atom stereocenters. The molecule has 1 aliphatic carbocycles. The molecule has 1 saturated carbocycles. The number of nitriles is 1. The maximum atomic E-state index is 13.9. The fourth-order valence-electron chi connectivity index (χ4n) is 3.98. The Hall–Kier alpha value is -2.67. The molecular formula is C24H26FNO2. The molecule has 0 aliphatic heterocycles. The minimum atomic E-state index is -0.719. The number of carbonyl (C=O) groups excluding carboxylic acids is 1. The highest BCUT2D eigenvalue weighted by molar-refractivity contribution is 5.91. The van der Waals surface area contributed by atoms with Crippen LogP contribution in [-0.2, 0) is 0 Å². The van der Waals surface area contributed by atoms with Crippen molar-refractivity contribution in [1.82, 2.24) is 0 Å². The Labute approximate surface area is 166 Å². The normalized spacial score (nSPS) is 19.0. The van der Waals surface area contributed by atoms with E-state index in [2.05, 4.69) is 6.92 Å². The summed E-state index contributed by atoms with van der Waals surface area (Å²) in [5, 5.41) is 8.77. The molecule has 0 aromatic heterocycles. The van der Waals surface area contributed by atoms with Gasteiger partial charge in [-0.15, -0.1) is 0 Å². The number of hydrogen-bond donors (Lipinski definition) is 0. The van der Waals surface area contributed by atoms with Gasteiger partial charge in [0.25, 0.3) is 0 Å². The van der Waals surface area contributed by atoms with Crippen molar-refractivity contribution >= 4 is 5.97 Å². The van der Waals surface area contributed by atoms with Crippen molar-refractivity contribution in [3.63, 3.8) is 0 Å². The summed E-state index contributed by atoms with van der Waals surface area (Å²) in [4.78, 5) is 12.3. The second-order valence-corrected chi connectivity index (χ2v) is 7.63. The number of carbonyl (C=O) groups is 1. The second kappa shape index (κ2) is 9.50. The van der Waals surface area contributed by atoms with Crippen molar-refractivity contribution in [2.75, 3.05) is 0 Å². The van der Waals surface area contributed by atoms with Crippen LogP contribution in [0.25, 0.3) is 0 Å². The topological polar surface area (TPSA) is 50.1 Å². The molecule has 0 unspecified atom stereocenters. The van der Waals surface area contributed by atoms with Gasteiger partial charge >= 0.3 is 5.97 Å². The zero-order chi connectivity index (χ0) is 19.9. The Kier molecular flexibility index (Phi) is 6.81. The van der Waals surface area contributed by atoms with Crippen LogP contribution in [0.3, 0.4) is 0 Å². The largest absolute Gasteiger partial charge is 0.420 e. The highest BCUT2D eigenvalue weighted by Crippen LogP contribution is 2.37.